The fourth-order valence-electron chi connectivity index (χ4n) is 3.62. The molecule has 0 aromatic heterocycles. The third kappa shape index (κ3) is 2.44. The summed E-state index contributed by atoms with van der Waals surface area (Å²) in [6.07, 6.45) is 3.35. The Morgan fingerprint density at radius 3 is 2.68 bits per heavy atom. The summed E-state index contributed by atoms with van der Waals surface area (Å²) < 4.78 is 0. The zero-order valence-corrected chi connectivity index (χ0v) is 12.9. The Morgan fingerprint density at radius 2 is 1.82 bits per heavy atom. The molecule has 1 aliphatic carbocycles. The van der Waals surface area contributed by atoms with E-state index in [4.69, 9.17) is 5.32 Å². The number of nitrogens with one attached hydrogen (secondary N) is 1. The fourth-order valence-corrected chi connectivity index (χ4v) is 3.62. The summed E-state index contributed by atoms with van der Waals surface area (Å²) in [6.45, 7) is 2.26. The molecule has 111 valence electrons. The van der Waals surface area contributed by atoms with Crippen molar-refractivity contribution in [3.8, 4) is 0 Å². The highest BCUT2D eigenvalue weighted by atomic mass is 15.0. The maximum absolute atomic E-state index is 4.80. The van der Waals surface area contributed by atoms with Crippen LogP contribution in [0.2, 0.25) is 0 Å². The molecular formula is C20H21N2. The summed E-state index contributed by atoms with van der Waals surface area (Å²) in [5.41, 5.74) is 6.63. The van der Waals surface area contributed by atoms with Gasteiger partial charge in [-0.1, -0.05) is 48.5 Å². The quantitative estimate of drug-likeness (QED) is 0.881. The van der Waals surface area contributed by atoms with Gasteiger partial charge < -0.3 is 5.32 Å². The van der Waals surface area contributed by atoms with Crippen molar-refractivity contribution < 1.29 is 0 Å². The molecule has 2 heteroatoms. The van der Waals surface area contributed by atoms with Gasteiger partial charge in [-0.15, -0.1) is 0 Å². The maximum atomic E-state index is 4.80. The van der Waals surface area contributed by atoms with Gasteiger partial charge in [-0.25, -0.2) is 0 Å². The van der Waals surface area contributed by atoms with Crippen LogP contribution in [0, 0.1) is 0 Å². The van der Waals surface area contributed by atoms with E-state index in [-0.39, 0.29) is 0 Å². The standard InChI is InChI=1S/C20H21N2/c1-14(15-7-3-2-4-8-15)21-16-11-12-20-18(13-16)17-9-5-6-10-19(17)22-20/h2-10,14,16,21H,11-13H2,1H3/t14?,16-/m1/s1. The predicted octanol–water partition coefficient (Wildman–Crippen LogP) is 4.55. The van der Waals surface area contributed by atoms with Crippen molar-refractivity contribution in [2.24, 2.45) is 0 Å². The monoisotopic (exact) mass is 289 g/mol. The number of fused-ring (bicyclic) bond motifs is 2. The molecule has 0 saturated carbocycles. The smallest absolute Gasteiger partial charge is 0.0708 e. The van der Waals surface area contributed by atoms with Gasteiger partial charge in [-0.3, -0.25) is 5.32 Å². The van der Waals surface area contributed by atoms with Crippen LogP contribution in [0.4, 0.5) is 5.69 Å². The highest BCUT2D eigenvalue weighted by Gasteiger charge is 2.29. The summed E-state index contributed by atoms with van der Waals surface area (Å²) in [5, 5.41) is 8.60. The molecule has 2 nitrogen and oxygen atoms in total. The summed E-state index contributed by atoms with van der Waals surface area (Å²) in [4.78, 5) is 0. The molecule has 2 aromatic carbocycles. The Labute approximate surface area is 132 Å². The van der Waals surface area contributed by atoms with Crippen LogP contribution in [-0.4, -0.2) is 6.04 Å². The lowest BCUT2D eigenvalue weighted by Crippen LogP contribution is -2.33. The number of para-hydroxylation sites is 1. The van der Waals surface area contributed by atoms with Crippen LogP contribution < -0.4 is 10.6 Å². The SMILES string of the molecule is CC(N[C@@H]1CCC2=C(C1)c1ccccc1[N]2)c1ccccc1. The largest absolute Gasteiger partial charge is 0.307 e. The van der Waals surface area contributed by atoms with E-state index in [2.05, 4.69) is 66.8 Å². The zero-order chi connectivity index (χ0) is 14.9. The third-order valence-electron chi connectivity index (χ3n) is 4.80. The second-order valence-electron chi connectivity index (χ2n) is 6.29. The second-order valence-corrected chi connectivity index (χ2v) is 6.29. The second kappa shape index (κ2) is 5.62. The van der Waals surface area contributed by atoms with E-state index in [1.807, 2.05) is 0 Å². The molecule has 22 heavy (non-hydrogen) atoms. The van der Waals surface area contributed by atoms with Crippen LogP contribution in [0.15, 0.2) is 60.3 Å². The lowest BCUT2D eigenvalue weighted by atomic mass is 9.89. The molecule has 2 aliphatic rings. The van der Waals surface area contributed by atoms with Crippen LogP contribution in [-0.2, 0) is 0 Å². The maximum Gasteiger partial charge on any atom is 0.0708 e. The molecule has 1 unspecified atom stereocenters. The van der Waals surface area contributed by atoms with Crippen molar-refractivity contribution in [2.45, 2.75) is 38.3 Å². The first-order valence-electron chi connectivity index (χ1n) is 8.15. The minimum absolute atomic E-state index is 0.391. The molecule has 2 aromatic rings. The van der Waals surface area contributed by atoms with Crippen molar-refractivity contribution in [3.63, 3.8) is 0 Å². The molecule has 1 heterocycles. The first kappa shape index (κ1) is 13.6. The van der Waals surface area contributed by atoms with Crippen molar-refractivity contribution in [1.82, 2.24) is 10.6 Å². The molecule has 4 rings (SSSR count). The summed E-state index contributed by atoms with van der Waals surface area (Å²) in [5.74, 6) is 0. The normalized spacial score (nSPS) is 21.0. The van der Waals surface area contributed by atoms with E-state index in [0.29, 0.717) is 12.1 Å². The predicted molar refractivity (Wildman–Crippen MR) is 90.8 cm³/mol. The topological polar surface area (TPSA) is 26.1 Å². The van der Waals surface area contributed by atoms with Crippen LogP contribution >= 0.6 is 0 Å². The van der Waals surface area contributed by atoms with Gasteiger partial charge in [0, 0.05) is 23.3 Å². The molecule has 1 radical (unpaired) electrons. The number of benzene rings is 2. The van der Waals surface area contributed by atoms with Crippen LogP contribution in [0.3, 0.4) is 0 Å². The number of allylic oxidation sites excluding steroid dienone is 1. The Kier molecular flexibility index (Phi) is 3.47. The minimum atomic E-state index is 0.391. The van der Waals surface area contributed by atoms with Crippen molar-refractivity contribution in [3.05, 3.63) is 71.4 Å². The van der Waals surface area contributed by atoms with Crippen LogP contribution in [0.1, 0.15) is 43.4 Å². The van der Waals surface area contributed by atoms with E-state index in [9.17, 15) is 0 Å². The summed E-state index contributed by atoms with van der Waals surface area (Å²) in [6, 6.07) is 20.2. The van der Waals surface area contributed by atoms with Gasteiger partial charge in [-0.2, -0.15) is 0 Å². The van der Waals surface area contributed by atoms with Crippen LogP contribution in [0.5, 0.6) is 0 Å². The van der Waals surface area contributed by atoms with E-state index in [0.717, 1.165) is 18.5 Å². The average Bonchev–Trinajstić information content (AvgIpc) is 2.94. The van der Waals surface area contributed by atoms with Crippen molar-refractivity contribution >= 4 is 11.3 Å². The molecule has 2 atom stereocenters. The van der Waals surface area contributed by atoms with Crippen molar-refractivity contribution in [2.75, 3.05) is 0 Å². The van der Waals surface area contributed by atoms with Gasteiger partial charge in [0.2, 0.25) is 0 Å². The third-order valence-corrected chi connectivity index (χ3v) is 4.80. The molecular weight excluding hydrogens is 268 g/mol. The Balaban J connectivity index is 1.49. The minimum Gasteiger partial charge on any atom is -0.307 e. The lowest BCUT2D eigenvalue weighted by Gasteiger charge is -2.28. The summed E-state index contributed by atoms with van der Waals surface area (Å²) >= 11 is 0. The lowest BCUT2D eigenvalue weighted by molar-refractivity contribution is 0.424. The van der Waals surface area contributed by atoms with Gasteiger partial charge in [0.25, 0.3) is 0 Å². The highest BCUT2D eigenvalue weighted by Crippen LogP contribution is 2.42. The number of rotatable bonds is 3. The molecule has 0 amide bonds. The van der Waals surface area contributed by atoms with Gasteiger partial charge in [0.1, 0.15) is 0 Å². The van der Waals surface area contributed by atoms with E-state index in [1.54, 1.807) is 0 Å². The molecule has 0 bridgehead atoms. The highest BCUT2D eigenvalue weighted by molar-refractivity contribution is 5.82. The molecule has 0 fully saturated rings. The van der Waals surface area contributed by atoms with Gasteiger partial charge in [0.05, 0.1) is 5.69 Å². The van der Waals surface area contributed by atoms with Crippen LogP contribution in [0.25, 0.3) is 5.57 Å². The van der Waals surface area contributed by atoms with Gasteiger partial charge >= 0.3 is 0 Å². The zero-order valence-electron chi connectivity index (χ0n) is 12.9. The summed E-state index contributed by atoms with van der Waals surface area (Å²) in [7, 11) is 0. The first-order valence-corrected chi connectivity index (χ1v) is 8.15. The molecule has 0 saturated heterocycles. The Morgan fingerprint density at radius 1 is 1.05 bits per heavy atom. The van der Waals surface area contributed by atoms with Crippen molar-refractivity contribution in [1.29, 1.82) is 0 Å². The number of hydrogen-bond acceptors (Lipinski definition) is 1. The van der Waals surface area contributed by atoms with E-state index in [1.165, 1.54) is 28.8 Å². The molecule has 1 aliphatic heterocycles. The van der Waals surface area contributed by atoms with Gasteiger partial charge in [-0.05, 0) is 43.4 Å². The Hall–Kier alpha value is -2.06. The van der Waals surface area contributed by atoms with Gasteiger partial charge in [0.15, 0.2) is 0 Å². The van der Waals surface area contributed by atoms with E-state index >= 15 is 0 Å². The molecule has 0 spiro atoms. The average molecular weight is 289 g/mol. The fraction of sp³-hybridized carbons (Fsp3) is 0.300. The molecule has 1 N–H and O–H groups in total. The first-order chi connectivity index (χ1) is 10.8. The van der Waals surface area contributed by atoms with E-state index < -0.39 is 0 Å². The number of hydrogen-bond donors (Lipinski definition) is 1. The Bertz CT molecular complexity index is 703. The number of nitrogens with zero attached hydrogens (tertiary/aromatic N) is 1.